The molecule has 4 aliphatic rings. The highest BCUT2D eigenvalue weighted by Gasteiger charge is 2.47. The third-order valence-corrected chi connectivity index (χ3v) is 25.4. The fourth-order valence-corrected chi connectivity index (χ4v) is 19.8. The Morgan fingerprint density at radius 1 is 0.348 bits per heavy atom. The van der Waals surface area contributed by atoms with Gasteiger partial charge in [-0.3, -0.25) is 0 Å². The molecule has 0 amide bonds. The first-order valence-corrected chi connectivity index (χ1v) is 39.8. The minimum Gasteiger partial charge on any atom is -0.333 e. The van der Waals surface area contributed by atoms with Crippen molar-refractivity contribution in [3.8, 4) is 33.6 Å². The molecule has 4 aromatic heterocycles. The number of aromatic nitrogens is 3. The summed E-state index contributed by atoms with van der Waals surface area (Å²) in [5, 5.41) is 13.5. The summed E-state index contributed by atoms with van der Waals surface area (Å²) in [4.78, 5) is 5.26. The molecular weight excluding hydrogens is 1350 g/mol. The lowest BCUT2D eigenvalue weighted by atomic mass is 9.33. The van der Waals surface area contributed by atoms with E-state index in [-0.39, 0.29) is 63.4 Å². The zero-order valence-corrected chi connectivity index (χ0v) is 65.4. The minimum atomic E-state index is -0.419. The Kier molecular flexibility index (Phi) is 12.9. The fraction of sp³-hybridized carbons (Fsp3) is 0.170. The highest BCUT2D eigenvalue weighted by Crippen LogP contribution is 2.55. The molecule has 0 N–H and O–H groups in total. The van der Waals surface area contributed by atoms with Crippen LogP contribution >= 0.6 is 0 Å². The normalized spacial score (nSPS) is 16.1. The van der Waals surface area contributed by atoms with Gasteiger partial charge in [0.15, 0.2) is 0 Å². The first kappa shape index (κ1) is 61.4. The van der Waals surface area contributed by atoms with Crippen molar-refractivity contribution in [2.75, 3.05) is 9.80 Å². The van der Waals surface area contributed by atoms with E-state index in [4.69, 9.17) is 4.11 Å². The van der Waals surface area contributed by atoms with E-state index in [9.17, 15) is 2.74 Å². The Hall–Kier alpha value is -12.4. The van der Waals surface area contributed by atoms with Crippen LogP contribution in [0.15, 0.2) is 309 Å². The standard InChI is InChI=1S/C106H88BN5/c1-103(2,3)67-41-50-90-82(55-67)83-56-68(104(4,5)6)42-51-91(83)108(90)72-47-48-87-95(61-72)110(71-45-38-65(39-46-71)63-26-15-13-16-27-63)102-98-80-36-25-35-79-77-33-22-20-31-75(77)74-30-19-21-32-76(74)78-34-23-24-37-89(78)111(100(79)80)96(98)62-97-99(102)107(87)88-60-73(59-86-81-54-66(64-28-17-14-18-29-64)40-49-94(81)112(97)101(86)88)109-92-52-43-69(105(7,8)9)57-84(92)85-58-70(106(10,11)12)44-53-93(85)109/h13-62,84,92H,1-12H3/i14D,17D,18D,28D,29D. The van der Waals surface area contributed by atoms with Crippen molar-refractivity contribution in [3.05, 3.63) is 331 Å². The largest absolute Gasteiger partial charge is 0.333 e. The molecule has 3 aliphatic heterocycles. The van der Waals surface area contributed by atoms with Crippen LogP contribution < -0.4 is 26.2 Å². The van der Waals surface area contributed by atoms with E-state index >= 15 is 0 Å². The molecule has 112 heavy (non-hydrogen) atoms. The van der Waals surface area contributed by atoms with Crippen LogP contribution in [0.5, 0.6) is 0 Å². The van der Waals surface area contributed by atoms with Crippen molar-refractivity contribution in [1.29, 1.82) is 0 Å². The third-order valence-electron chi connectivity index (χ3n) is 25.4. The van der Waals surface area contributed by atoms with Crippen LogP contribution in [0.4, 0.5) is 28.4 Å². The van der Waals surface area contributed by atoms with Gasteiger partial charge in [-0.2, -0.15) is 0 Å². The summed E-state index contributed by atoms with van der Waals surface area (Å²) in [6.45, 7) is 27.4. The second-order valence-corrected chi connectivity index (χ2v) is 36.1. The maximum absolute atomic E-state index is 9.58. The lowest BCUT2D eigenvalue weighted by Gasteiger charge is -2.41. The van der Waals surface area contributed by atoms with Gasteiger partial charge >= 0.3 is 0 Å². The summed E-state index contributed by atoms with van der Waals surface area (Å²) in [5.74, 6) is 0.0379. The third kappa shape index (κ3) is 9.69. The molecule has 0 fully saturated rings. The van der Waals surface area contributed by atoms with Crippen LogP contribution in [0, 0.1) is 5.41 Å². The molecule has 14 aromatic carbocycles. The van der Waals surface area contributed by atoms with E-state index in [0.29, 0.717) is 5.56 Å². The molecule has 0 saturated heterocycles. The van der Waals surface area contributed by atoms with Crippen LogP contribution in [-0.2, 0) is 16.2 Å². The van der Waals surface area contributed by atoms with Crippen LogP contribution in [0.2, 0.25) is 0 Å². The minimum absolute atomic E-state index is 0.0379. The predicted octanol–water partition coefficient (Wildman–Crippen LogP) is 26.4. The molecule has 2 atom stereocenters. The number of fused-ring (bicyclic) bond motifs is 24. The zero-order valence-electron chi connectivity index (χ0n) is 70.4. The smallest absolute Gasteiger partial charge is 0.252 e. The number of hydrogen-bond donors (Lipinski definition) is 0. The lowest BCUT2D eigenvalue weighted by Crippen LogP contribution is -2.60. The fourth-order valence-electron chi connectivity index (χ4n) is 19.8. The number of nitrogens with zero attached hydrogens (tertiary/aromatic N) is 5. The Balaban J connectivity index is 0.941. The van der Waals surface area contributed by atoms with Gasteiger partial charge in [0.2, 0.25) is 0 Å². The molecular formula is C106H88BN5. The van der Waals surface area contributed by atoms with Gasteiger partial charge in [0.05, 0.1) is 51.7 Å². The molecule has 5 nitrogen and oxygen atoms in total. The number of allylic oxidation sites excluding steroid dienone is 2. The quantitative estimate of drug-likeness (QED) is 0.160. The predicted molar refractivity (Wildman–Crippen MR) is 481 cm³/mol. The van der Waals surface area contributed by atoms with Crippen molar-refractivity contribution in [2.24, 2.45) is 5.41 Å². The summed E-state index contributed by atoms with van der Waals surface area (Å²) in [6.07, 6.45) is 7.38. The van der Waals surface area contributed by atoms with Crippen molar-refractivity contribution in [3.63, 3.8) is 0 Å². The highest BCUT2D eigenvalue weighted by atomic mass is 15.2. The molecule has 18 aromatic rings. The van der Waals surface area contributed by atoms with E-state index in [1.165, 1.54) is 49.7 Å². The number of benzene rings is 14. The second-order valence-electron chi connectivity index (χ2n) is 36.1. The van der Waals surface area contributed by atoms with E-state index in [0.717, 1.165) is 149 Å². The molecule has 0 bridgehead atoms. The molecule has 22 rings (SSSR count). The van der Waals surface area contributed by atoms with Gasteiger partial charge in [-0.05, 0) is 201 Å². The molecule has 2 unspecified atom stereocenters. The first-order chi connectivity index (χ1) is 56.2. The molecule has 7 heterocycles. The van der Waals surface area contributed by atoms with E-state index in [1.54, 1.807) is 0 Å². The monoisotopic (exact) mass is 1450 g/mol. The Morgan fingerprint density at radius 3 is 1.59 bits per heavy atom. The van der Waals surface area contributed by atoms with Gasteiger partial charge in [0.1, 0.15) is 0 Å². The van der Waals surface area contributed by atoms with Crippen LogP contribution in [0.1, 0.15) is 118 Å². The van der Waals surface area contributed by atoms with Gasteiger partial charge in [-0.1, -0.05) is 295 Å². The van der Waals surface area contributed by atoms with Crippen molar-refractivity contribution in [2.45, 2.75) is 111 Å². The van der Waals surface area contributed by atoms with E-state index in [2.05, 4.69) is 373 Å². The summed E-state index contributed by atoms with van der Waals surface area (Å²) in [7, 11) is 0. The van der Waals surface area contributed by atoms with Crippen molar-refractivity contribution >= 4 is 155 Å². The van der Waals surface area contributed by atoms with Crippen LogP contribution in [-0.4, -0.2) is 26.3 Å². The maximum Gasteiger partial charge on any atom is 0.252 e. The average Bonchev–Trinajstić information content (AvgIpc) is 1.54. The number of para-hydroxylation sites is 2. The Bertz CT molecular complexity index is 7480. The van der Waals surface area contributed by atoms with E-state index < -0.39 is 12.8 Å². The Labute approximate surface area is 662 Å². The lowest BCUT2D eigenvalue weighted by molar-refractivity contribution is 0.507. The summed E-state index contributed by atoms with van der Waals surface area (Å²) in [6, 6.07) is 94.9. The van der Waals surface area contributed by atoms with Crippen LogP contribution in [0.25, 0.3) is 137 Å². The molecule has 0 spiro atoms. The summed E-state index contributed by atoms with van der Waals surface area (Å²) < 4.78 is 53.9. The molecule has 1 aliphatic carbocycles. The molecule has 540 valence electrons. The topological polar surface area (TPSA) is 20.8 Å². The number of hydrogen-bond acceptors (Lipinski definition) is 2. The van der Waals surface area contributed by atoms with Crippen LogP contribution in [0.3, 0.4) is 0 Å². The van der Waals surface area contributed by atoms with Gasteiger partial charge in [-0.25, -0.2) is 0 Å². The number of rotatable bonds is 5. The average molecular weight is 1450 g/mol. The summed E-state index contributed by atoms with van der Waals surface area (Å²) in [5.41, 5.74) is 27.4. The highest BCUT2D eigenvalue weighted by molar-refractivity contribution is 7.00. The van der Waals surface area contributed by atoms with Gasteiger partial charge < -0.3 is 23.3 Å². The summed E-state index contributed by atoms with van der Waals surface area (Å²) >= 11 is 0. The van der Waals surface area contributed by atoms with Gasteiger partial charge in [0.25, 0.3) is 6.71 Å². The SMILES string of the molecule is [2H]c1c([2H])c([2H])c(-c2ccc3c(c2)c2cc(N4c5ccc(C(C)(C)C)cc5C5C=C(C(C)(C)C)C=CC54)cc4c2n3-c2cc3c(c5c2B4c2ccc(-n4c6ccc(C(C)(C)C)cc6c6cc(C(C)(C)C)ccc64)cc2N5c2ccc(-c4ccccc4)cc2)c2cccc4c5ccccc5c5ccccc5c5ccccc5n3c42)c([2H])c1[2H]. The second kappa shape index (κ2) is 23.6. The zero-order chi connectivity index (χ0) is 80.3. The first-order valence-electron chi connectivity index (χ1n) is 42.3. The maximum atomic E-state index is 9.58. The van der Waals surface area contributed by atoms with E-state index in [1.807, 2.05) is 6.07 Å². The molecule has 0 radical (unpaired) electrons. The van der Waals surface area contributed by atoms with Gasteiger partial charge in [0, 0.05) is 88.6 Å². The number of anilines is 5. The molecule has 0 saturated carbocycles. The van der Waals surface area contributed by atoms with Crippen molar-refractivity contribution < 1.29 is 6.85 Å². The Morgan fingerprint density at radius 2 is 0.911 bits per heavy atom. The molecule has 6 heteroatoms. The van der Waals surface area contributed by atoms with Crippen molar-refractivity contribution in [1.82, 2.24) is 13.5 Å². The van der Waals surface area contributed by atoms with Gasteiger partial charge in [-0.15, -0.1) is 0 Å².